The van der Waals surface area contributed by atoms with E-state index in [4.69, 9.17) is 4.74 Å². The van der Waals surface area contributed by atoms with Crippen LogP contribution in [0.5, 0.6) is 0 Å². The van der Waals surface area contributed by atoms with Gasteiger partial charge in [0.2, 0.25) is 0 Å². The molecule has 3 aromatic heterocycles. The van der Waals surface area contributed by atoms with Crippen LogP contribution in [0.1, 0.15) is 37.7 Å². The van der Waals surface area contributed by atoms with Crippen molar-refractivity contribution in [3.05, 3.63) is 66.1 Å². The highest BCUT2D eigenvalue weighted by Gasteiger charge is 2.31. The van der Waals surface area contributed by atoms with Crippen molar-refractivity contribution >= 4 is 33.0 Å². The summed E-state index contributed by atoms with van der Waals surface area (Å²) >= 11 is 0. The molecule has 4 heterocycles. The number of aryl methyl sites for hydroxylation is 1. The Morgan fingerprint density at radius 3 is 2.63 bits per heavy atom. The van der Waals surface area contributed by atoms with Crippen molar-refractivity contribution in [1.29, 1.82) is 0 Å². The van der Waals surface area contributed by atoms with Gasteiger partial charge in [0.1, 0.15) is 18.1 Å². The molecule has 0 bridgehead atoms. The molecule has 14 heteroatoms. The third kappa shape index (κ3) is 5.88. The number of alkyl halides is 1. The molecule has 1 amide bonds. The third-order valence-electron chi connectivity index (χ3n) is 7.76. The van der Waals surface area contributed by atoms with E-state index in [0.717, 1.165) is 28.0 Å². The summed E-state index contributed by atoms with van der Waals surface area (Å²) in [6.45, 7) is 2.16. The number of nitrogens with one attached hydrogen (secondary N) is 1. The number of likely N-dealkylation sites (tertiary alicyclic amines) is 1. The molecule has 3 atom stereocenters. The molecule has 226 valence electrons. The average molecular weight is 615 g/mol. The summed E-state index contributed by atoms with van der Waals surface area (Å²) < 4.78 is 76.4. The molecule has 1 aromatic carbocycles. The number of halogens is 3. The lowest BCUT2D eigenvalue weighted by atomic mass is 9.93. The first-order valence-corrected chi connectivity index (χ1v) is 15.4. The van der Waals surface area contributed by atoms with Crippen LogP contribution in [0, 0.1) is 18.6 Å². The minimum Gasteiger partial charge on any atom is -0.446 e. The number of carbonyl (C=O) groups excluding carboxylic acids is 1. The maximum atomic E-state index is 14.9. The normalized spacial score (nSPS) is 20.8. The highest BCUT2D eigenvalue weighted by atomic mass is 32.2. The quantitative estimate of drug-likeness (QED) is 0.314. The van der Waals surface area contributed by atoms with Crippen LogP contribution in [0.15, 0.2) is 53.8 Å². The van der Waals surface area contributed by atoms with Gasteiger partial charge in [0.05, 0.1) is 23.8 Å². The summed E-state index contributed by atoms with van der Waals surface area (Å²) in [6.07, 6.45) is 3.75. The molecule has 1 N–H and O–H groups in total. The summed E-state index contributed by atoms with van der Waals surface area (Å²) in [4.78, 5) is 26.3. The Kier molecular flexibility index (Phi) is 7.71. The van der Waals surface area contributed by atoms with E-state index in [1.54, 1.807) is 12.1 Å². The smallest absolute Gasteiger partial charge is 0.410 e. The van der Waals surface area contributed by atoms with Gasteiger partial charge in [-0.2, -0.15) is 0 Å². The van der Waals surface area contributed by atoms with Crippen LogP contribution >= 0.6 is 0 Å². The monoisotopic (exact) mass is 614 g/mol. The number of hydrogen-bond acceptors (Lipinski definition) is 8. The summed E-state index contributed by atoms with van der Waals surface area (Å²) in [7, 11) is -4.13. The lowest BCUT2D eigenvalue weighted by Crippen LogP contribution is -2.37. The van der Waals surface area contributed by atoms with Gasteiger partial charge in [-0.1, -0.05) is 17.7 Å². The van der Waals surface area contributed by atoms with Gasteiger partial charge in [0.25, 0.3) is 10.0 Å². The predicted molar refractivity (Wildman–Crippen MR) is 152 cm³/mol. The molecule has 0 radical (unpaired) electrons. The van der Waals surface area contributed by atoms with Crippen LogP contribution in [0.25, 0.3) is 22.4 Å². The zero-order valence-electron chi connectivity index (χ0n) is 23.2. The van der Waals surface area contributed by atoms with Crippen LogP contribution in [0.4, 0.5) is 23.8 Å². The molecular formula is C29H29F3N6O4S. The van der Waals surface area contributed by atoms with Crippen LogP contribution in [-0.4, -0.2) is 69.7 Å². The van der Waals surface area contributed by atoms with Gasteiger partial charge in [-0.25, -0.2) is 45.3 Å². The average Bonchev–Trinajstić information content (AvgIpc) is 3.59. The Balaban J connectivity index is 1.27. The molecule has 43 heavy (non-hydrogen) atoms. The molecule has 2 fully saturated rings. The van der Waals surface area contributed by atoms with Crippen molar-refractivity contribution in [1.82, 2.24) is 23.8 Å². The van der Waals surface area contributed by atoms with Gasteiger partial charge in [-0.3, -0.25) is 0 Å². The number of pyridine rings is 1. The topological polar surface area (TPSA) is 119 Å². The number of fused-ring (bicyclic) bond motifs is 1. The molecule has 10 nitrogen and oxygen atoms in total. The summed E-state index contributed by atoms with van der Waals surface area (Å²) in [5.41, 5.74) is 0.988. The Morgan fingerprint density at radius 2 is 1.88 bits per heavy atom. The van der Waals surface area contributed by atoms with Crippen LogP contribution in [-0.2, 0) is 14.8 Å². The molecule has 6 rings (SSSR count). The highest BCUT2D eigenvalue weighted by Crippen LogP contribution is 2.32. The SMILES string of the molecule is Cc1ccc(S(=O)(=O)n2cc(-c3ncc(F)c(N[C@H]4CCC[C@@H](OC(=O)N5CC[C@@H](F)C5)C4)n3)c3cc(F)cnc32)cc1. The van der Waals surface area contributed by atoms with Gasteiger partial charge >= 0.3 is 6.09 Å². The number of hydrogen-bond donors (Lipinski definition) is 1. The predicted octanol–water partition coefficient (Wildman–Crippen LogP) is 5.22. The molecule has 4 aromatic rings. The summed E-state index contributed by atoms with van der Waals surface area (Å²) in [5.74, 6) is -1.60. The van der Waals surface area contributed by atoms with Crippen molar-refractivity contribution in [3.63, 3.8) is 0 Å². The first kappa shape index (κ1) is 28.9. The van der Waals surface area contributed by atoms with E-state index < -0.39 is 40.0 Å². The Hall–Kier alpha value is -4.20. The van der Waals surface area contributed by atoms with Crippen molar-refractivity contribution in [2.45, 2.75) is 62.2 Å². The number of benzene rings is 1. The van der Waals surface area contributed by atoms with E-state index in [2.05, 4.69) is 20.3 Å². The summed E-state index contributed by atoms with van der Waals surface area (Å²) in [6, 6.07) is 7.09. The van der Waals surface area contributed by atoms with Crippen LogP contribution < -0.4 is 5.32 Å². The molecule has 2 aliphatic rings. The minimum absolute atomic E-state index is 0.0110. The van der Waals surface area contributed by atoms with E-state index in [1.807, 2.05) is 6.92 Å². The number of anilines is 1. The first-order chi connectivity index (χ1) is 20.6. The molecule has 0 spiro atoms. The van der Waals surface area contributed by atoms with Gasteiger partial charge in [-0.05, 0) is 50.8 Å². The highest BCUT2D eigenvalue weighted by molar-refractivity contribution is 7.90. The fourth-order valence-electron chi connectivity index (χ4n) is 5.51. The van der Waals surface area contributed by atoms with Crippen molar-refractivity contribution in [3.8, 4) is 11.4 Å². The fourth-order valence-corrected chi connectivity index (χ4v) is 6.84. The molecule has 1 aliphatic carbocycles. The van der Waals surface area contributed by atoms with E-state index >= 15 is 0 Å². The number of amides is 1. The van der Waals surface area contributed by atoms with Gasteiger partial charge in [-0.15, -0.1) is 0 Å². The van der Waals surface area contributed by atoms with E-state index in [9.17, 15) is 26.4 Å². The maximum Gasteiger partial charge on any atom is 0.410 e. The second-order valence-corrected chi connectivity index (χ2v) is 12.7. The number of aromatic nitrogens is 4. The van der Waals surface area contributed by atoms with Gasteiger partial charge < -0.3 is 15.0 Å². The maximum absolute atomic E-state index is 14.9. The van der Waals surface area contributed by atoms with Crippen molar-refractivity contribution < 1.29 is 31.1 Å². The standard InChI is InChI=1S/C29H29F3N6O4S/c1-17-5-7-22(8-6-17)43(40,41)38-16-24(23-11-19(31)13-34-28(23)38)26-33-14-25(32)27(36-26)35-20-3-2-4-21(12-20)42-29(39)37-10-9-18(30)15-37/h5-8,11,13-14,16,18,20-21H,2-4,9-10,12,15H2,1H3,(H,33,35,36)/t18-,20+,21-/m1/s1. The third-order valence-corrected chi connectivity index (χ3v) is 9.43. The Labute approximate surface area is 246 Å². The number of rotatable bonds is 6. The van der Waals surface area contributed by atoms with Crippen LogP contribution in [0.3, 0.4) is 0 Å². The van der Waals surface area contributed by atoms with Crippen LogP contribution in [0.2, 0.25) is 0 Å². The summed E-state index contributed by atoms with van der Waals surface area (Å²) in [5, 5.41) is 3.20. The lowest BCUT2D eigenvalue weighted by molar-refractivity contribution is 0.0472. The molecule has 1 aliphatic heterocycles. The number of ether oxygens (including phenoxy) is 1. The Bertz CT molecular complexity index is 1780. The fraction of sp³-hybridized carbons (Fsp3) is 0.379. The minimum atomic E-state index is -4.13. The number of nitrogens with zero attached hydrogens (tertiary/aromatic N) is 5. The largest absolute Gasteiger partial charge is 0.446 e. The van der Waals surface area contributed by atoms with Gasteiger partial charge in [0.15, 0.2) is 23.1 Å². The molecule has 0 unspecified atom stereocenters. The van der Waals surface area contributed by atoms with E-state index in [-0.39, 0.29) is 45.7 Å². The lowest BCUT2D eigenvalue weighted by Gasteiger charge is -2.31. The second-order valence-electron chi connectivity index (χ2n) is 10.9. The van der Waals surface area contributed by atoms with E-state index in [0.29, 0.717) is 38.6 Å². The molecule has 1 saturated heterocycles. The second kappa shape index (κ2) is 11.5. The Morgan fingerprint density at radius 1 is 1.09 bits per heavy atom. The zero-order chi connectivity index (χ0) is 30.3. The van der Waals surface area contributed by atoms with Gasteiger partial charge in [0, 0.05) is 36.2 Å². The number of carbonyl (C=O) groups is 1. The zero-order valence-corrected chi connectivity index (χ0v) is 24.0. The van der Waals surface area contributed by atoms with E-state index in [1.165, 1.54) is 23.2 Å². The first-order valence-electron chi connectivity index (χ1n) is 14.0. The molecular weight excluding hydrogens is 585 g/mol. The van der Waals surface area contributed by atoms with Crippen molar-refractivity contribution in [2.75, 3.05) is 18.4 Å². The van der Waals surface area contributed by atoms with Crippen molar-refractivity contribution in [2.24, 2.45) is 0 Å². The molecule has 1 saturated carbocycles.